The summed E-state index contributed by atoms with van der Waals surface area (Å²) in [7, 11) is 1.55. The van der Waals surface area contributed by atoms with Crippen LogP contribution in [0.4, 0.5) is 0 Å². The second-order valence-electron chi connectivity index (χ2n) is 4.81. The summed E-state index contributed by atoms with van der Waals surface area (Å²) in [6, 6.07) is 0.647. The van der Waals surface area contributed by atoms with Gasteiger partial charge in [0.25, 0.3) is 0 Å². The Labute approximate surface area is 104 Å². The van der Waals surface area contributed by atoms with Crippen molar-refractivity contribution >= 4 is 5.91 Å². The van der Waals surface area contributed by atoms with Crippen LogP contribution >= 0.6 is 0 Å². The number of hydrogen-bond donors (Lipinski definition) is 2. The van der Waals surface area contributed by atoms with E-state index in [1.807, 2.05) is 0 Å². The highest BCUT2D eigenvalue weighted by Gasteiger charge is 2.12. The fourth-order valence-electron chi connectivity index (χ4n) is 2.20. The lowest BCUT2D eigenvalue weighted by molar-refractivity contribution is -0.129. The maximum Gasteiger partial charge on any atom is 0.248 e. The second kappa shape index (κ2) is 8.48. The molecule has 0 aliphatic heterocycles. The smallest absolute Gasteiger partial charge is 0.248 e. The summed E-state index contributed by atoms with van der Waals surface area (Å²) in [5.41, 5.74) is 0. The van der Waals surface area contributed by atoms with E-state index in [4.69, 9.17) is 4.74 Å². The van der Waals surface area contributed by atoms with Crippen molar-refractivity contribution in [2.75, 3.05) is 20.2 Å². The van der Waals surface area contributed by atoms with Crippen molar-refractivity contribution in [1.29, 1.82) is 0 Å². The SMILES string of the molecule is CO[C@H](C)C(=O)NCCNC1CCCCCC1. The molecule has 0 aromatic heterocycles. The van der Waals surface area contributed by atoms with Crippen molar-refractivity contribution in [1.82, 2.24) is 10.6 Å². The summed E-state index contributed by atoms with van der Waals surface area (Å²) in [4.78, 5) is 11.4. The van der Waals surface area contributed by atoms with Crippen LogP contribution in [0.2, 0.25) is 0 Å². The van der Waals surface area contributed by atoms with Gasteiger partial charge in [-0.2, -0.15) is 0 Å². The van der Waals surface area contributed by atoms with Crippen molar-refractivity contribution < 1.29 is 9.53 Å². The van der Waals surface area contributed by atoms with Crippen LogP contribution < -0.4 is 10.6 Å². The highest BCUT2D eigenvalue weighted by Crippen LogP contribution is 2.16. The number of hydrogen-bond acceptors (Lipinski definition) is 3. The van der Waals surface area contributed by atoms with Gasteiger partial charge in [-0.15, -0.1) is 0 Å². The van der Waals surface area contributed by atoms with Crippen LogP contribution in [0.5, 0.6) is 0 Å². The van der Waals surface area contributed by atoms with E-state index in [1.54, 1.807) is 14.0 Å². The third-order valence-corrected chi connectivity index (χ3v) is 3.44. The number of methoxy groups -OCH3 is 1. The highest BCUT2D eigenvalue weighted by molar-refractivity contribution is 5.80. The summed E-state index contributed by atoms with van der Waals surface area (Å²) >= 11 is 0. The van der Waals surface area contributed by atoms with Gasteiger partial charge < -0.3 is 15.4 Å². The van der Waals surface area contributed by atoms with E-state index in [9.17, 15) is 4.79 Å². The highest BCUT2D eigenvalue weighted by atomic mass is 16.5. The van der Waals surface area contributed by atoms with Crippen LogP contribution in [0.3, 0.4) is 0 Å². The zero-order chi connectivity index (χ0) is 12.5. The van der Waals surface area contributed by atoms with Gasteiger partial charge in [-0.3, -0.25) is 4.79 Å². The molecule has 0 radical (unpaired) electrons. The summed E-state index contributed by atoms with van der Waals surface area (Å²) in [6.07, 6.45) is 7.63. The first-order chi connectivity index (χ1) is 8.24. The molecule has 0 spiro atoms. The molecular formula is C13H26N2O2. The van der Waals surface area contributed by atoms with Crippen molar-refractivity contribution in [3.8, 4) is 0 Å². The molecule has 1 aliphatic carbocycles. The van der Waals surface area contributed by atoms with Gasteiger partial charge in [-0.05, 0) is 19.8 Å². The van der Waals surface area contributed by atoms with Crippen LogP contribution in [0.15, 0.2) is 0 Å². The van der Waals surface area contributed by atoms with Gasteiger partial charge >= 0.3 is 0 Å². The predicted octanol–water partition coefficient (Wildman–Crippen LogP) is 1.45. The van der Waals surface area contributed by atoms with E-state index in [1.165, 1.54) is 38.5 Å². The van der Waals surface area contributed by atoms with E-state index in [2.05, 4.69) is 10.6 Å². The third kappa shape index (κ3) is 6.03. The van der Waals surface area contributed by atoms with Gasteiger partial charge in [0.15, 0.2) is 0 Å². The monoisotopic (exact) mass is 242 g/mol. The van der Waals surface area contributed by atoms with Crippen LogP contribution in [0, 0.1) is 0 Å². The number of carbonyl (C=O) groups excluding carboxylic acids is 1. The zero-order valence-electron chi connectivity index (χ0n) is 11.1. The molecule has 1 aliphatic rings. The number of amides is 1. The van der Waals surface area contributed by atoms with Crippen LogP contribution in [0.25, 0.3) is 0 Å². The first-order valence-corrected chi connectivity index (χ1v) is 6.78. The standard InChI is InChI=1S/C13H26N2O2/c1-11(17-2)13(16)15-10-9-14-12-7-5-3-4-6-8-12/h11-12,14H,3-10H2,1-2H3,(H,15,16)/t11-/m1/s1. The molecule has 0 bridgehead atoms. The molecule has 0 heterocycles. The lowest BCUT2D eigenvalue weighted by Crippen LogP contribution is -2.40. The van der Waals surface area contributed by atoms with E-state index in [-0.39, 0.29) is 12.0 Å². The molecule has 100 valence electrons. The Kier molecular flexibility index (Phi) is 7.21. The number of nitrogens with one attached hydrogen (secondary N) is 2. The molecule has 0 unspecified atom stereocenters. The van der Waals surface area contributed by atoms with E-state index >= 15 is 0 Å². The van der Waals surface area contributed by atoms with Gasteiger partial charge in [0.2, 0.25) is 5.91 Å². The summed E-state index contributed by atoms with van der Waals surface area (Å²) in [5.74, 6) is -0.0323. The van der Waals surface area contributed by atoms with Gasteiger partial charge in [0, 0.05) is 26.2 Å². The molecule has 1 atom stereocenters. The van der Waals surface area contributed by atoms with Crippen molar-refractivity contribution in [2.24, 2.45) is 0 Å². The summed E-state index contributed by atoms with van der Waals surface area (Å²) in [5, 5.41) is 6.38. The molecular weight excluding hydrogens is 216 g/mol. The molecule has 4 heteroatoms. The number of carbonyl (C=O) groups is 1. The fourth-order valence-corrected chi connectivity index (χ4v) is 2.20. The number of rotatable bonds is 6. The van der Waals surface area contributed by atoms with Crippen LogP contribution in [0.1, 0.15) is 45.4 Å². The summed E-state index contributed by atoms with van der Waals surface area (Å²) < 4.78 is 4.94. The summed E-state index contributed by atoms with van der Waals surface area (Å²) in [6.45, 7) is 3.30. The second-order valence-corrected chi connectivity index (χ2v) is 4.81. The van der Waals surface area contributed by atoms with Gasteiger partial charge in [-0.1, -0.05) is 25.7 Å². The Bertz CT molecular complexity index is 213. The minimum Gasteiger partial charge on any atom is -0.372 e. The Hall–Kier alpha value is -0.610. The minimum atomic E-state index is -0.354. The van der Waals surface area contributed by atoms with Gasteiger partial charge in [-0.25, -0.2) is 0 Å². The van der Waals surface area contributed by atoms with Crippen molar-refractivity contribution in [2.45, 2.75) is 57.6 Å². The molecule has 4 nitrogen and oxygen atoms in total. The third-order valence-electron chi connectivity index (χ3n) is 3.44. The average Bonchev–Trinajstić information content (AvgIpc) is 2.61. The molecule has 0 aromatic rings. The number of ether oxygens (including phenoxy) is 1. The van der Waals surface area contributed by atoms with E-state index in [0.717, 1.165) is 6.54 Å². The van der Waals surface area contributed by atoms with E-state index in [0.29, 0.717) is 12.6 Å². The predicted molar refractivity (Wildman–Crippen MR) is 69.0 cm³/mol. The van der Waals surface area contributed by atoms with Gasteiger partial charge in [0.1, 0.15) is 6.10 Å². The average molecular weight is 242 g/mol. The lowest BCUT2D eigenvalue weighted by atomic mass is 10.1. The minimum absolute atomic E-state index is 0.0323. The maximum atomic E-state index is 11.4. The van der Waals surface area contributed by atoms with Crippen molar-refractivity contribution in [3.63, 3.8) is 0 Å². The van der Waals surface area contributed by atoms with Gasteiger partial charge in [0.05, 0.1) is 0 Å². The first kappa shape index (κ1) is 14.5. The largest absolute Gasteiger partial charge is 0.372 e. The normalized spacial score (nSPS) is 19.6. The van der Waals surface area contributed by atoms with Crippen molar-refractivity contribution in [3.05, 3.63) is 0 Å². The lowest BCUT2D eigenvalue weighted by Gasteiger charge is -2.17. The maximum absolute atomic E-state index is 11.4. The Balaban J connectivity index is 2.04. The fraction of sp³-hybridized carbons (Fsp3) is 0.923. The van der Waals surface area contributed by atoms with E-state index < -0.39 is 0 Å². The Morgan fingerprint density at radius 2 is 1.88 bits per heavy atom. The molecule has 0 saturated heterocycles. The zero-order valence-corrected chi connectivity index (χ0v) is 11.1. The molecule has 1 saturated carbocycles. The Morgan fingerprint density at radius 3 is 2.47 bits per heavy atom. The Morgan fingerprint density at radius 1 is 1.24 bits per heavy atom. The molecule has 1 amide bonds. The topological polar surface area (TPSA) is 50.4 Å². The molecule has 0 aromatic carbocycles. The van der Waals surface area contributed by atoms with Crippen LogP contribution in [-0.4, -0.2) is 38.3 Å². The first-order valence-electron chi connectivity index (χ1n) is 6.78. The molecule has 2 N–H and O–H groups in total. The molecule has 1 fully saturated rings. The molecule has 17 heavy (non-hydrogen) atoms. The van der Waals surface area contributed by atoms with Crippen LogP contribution in [-0.2, 0) is 9.53 Å². The molecule has 1 rings (SSSR count). The quantitative estimate of drug-likeness (QED) is 0.547.